The van der Waals surface area contributed by atoms with Crippen LogP contribution in [-0.2, 0) is 32.7 Å². The zero-order valence-electron chi connectivity index (χ0n) is 5.03. The van der Waals surface area contributed by atoms with Crippen LogP contribution in [0.3, 0.4) is 0 Å². The third-order valence-electron chi connectivity index (χ3n) is 0. The molecule has 0 aromatic carbocycles. The number of hydrogen-bond donors (Lipinski definition) is 1. The number of carboxylic acid groups (broad SMARTS) is 4. The van der Waals surface area contributed by atoms with Crippen molar-refractivity contribution in [3.05, 3.63) is 0 Å². The molecule has 0 saturated heterocycles. The molecule has 10 heavy (non-hydrogen) atoms. The van der Waals surface area contributed by atoms with E-state index in [-0.39, 0.29) is 38.9 Å². The van der Waals surface area contributed by atoms with E-state index in [1.54, 1.807) is 0 Å². The van der Waals surface area contributed by atoms with Crippen molar-refractivity contribution in [3.63, 3.8) is 0 Å². The quantitative estimate of drug-likeness (QED) is 0.437. The topological polar surface area (TPSA) is 163 Å². The third kappa shape index (κ3) is 2110. The smallest absolute Gasteiger partial charge is 0.652 e. The molecule has 0 amide bonds. The first-order valence-electron chi connectivity index (χ1n) is 1.22. The van der Waals surface area contributed by atoms with Crippen LogP contribution < -0.4 is 26.6 Å². The van der Waals surface area contributed by atoms with Crippen LogP contribution in [0.2, 0.25) is 0 Å². The molecule has 7 nitrogen and oxygen atoms in total. The molecule has 0 aliphatic heterocycles. The van der Waals surface area contributed by atoms with Crippen molar-refractivity contribution in [1.82, 2.24) is 6.15 Å². The van der Waals surface area contributed by atoms with Crippen LogP contribution in [0.1, 0.15) is 0 Å². The zero-order valence-corrected chi connectivity index (χ0v) is 7.87. The van der Waals surface area contributed by atoms with Crippen molar-refractivity contribution in [2.45, 2.75) is 0 Å². The molecular weight excluding hydrogens is 223 g/mol. The van der Waals surface area contributed by atoms with E-state index < -0.39 is 12.3 Å². The standard InChI is InChI=1S/2CH2O3.H3N.Y/c2*2-1(3)4;;/h2*(H2,2,3,4);1H3;/q;;;+3/p-3. The van der Waals surface area contributed by atoms with Gasteiger partial charge in [-0.3, -0.25) is 0 Å². The predicted octanol–water partition coefficient (Wildman–Crippen LogP) is -4.52. The van der Waals surface area contributed by atoms with Gasteiger partial charge in [-0.05, 0) is 12.3 Å². The molecule has 0 aromatic rings. The Bertz CT molecular complexity index is 73.7. The summed E-state index contributed by atoms with van der Waals surface area (Å²) in [6, 6.07) is 0. The number of rotatable bonds is 0. The van der Waals surface area contributed by atoms with Gasteiger partial charge in [-0.15, -0.1) is 0 Å². The van der Waals surface area contributed by atoms with E-state index in [2.05, 4.69) is 0 Å². The molecule has 0 aromatic heterocycles. The average molecular weight is 227 g/mol. The van der Waals surface area contributed by atoms with Crippen LogP contribution in [0.15, 0.2) is 0 Å². The number of hydrogen-bond acceptors (Lipinski definition) is 6. The van der Waals surface area contributed by atoms with Gasteiger partial charge in [-0.2, -0.15) is 0 Å². The van der Waals surface area contributed by atoms with Crippen molar-refractivity contribution in [2.24, 2.45) is 0 Å². The van der Waals surface area contributed by atoms with Crippen molar-refractivity contribution in [1.29, 1.82) is 0 Å². The molecule has 0 fully saturated rings. The summed E-state index contributed by atoms with van der Waals surface area (Å²) >= 11 is 0. The molecule has 0 atom stereocenters. The van der Waals surface area contributed by atoms with E-state index in [0.29, 0.717) is 0 Å². The molecule has 0 bridgehead atoms. The molecule has 8 heteroatoms. The van der Waals surface area contributed by atoms with E-state index in [9.17, 15) is 0 Å². The van der Waals surface area contributed by atoms with Crippen LogP contribution >= 0.6 is 0 Å². The molecule has 0 spiro atoms. The van der Waals surface area contributed by atoms with Crippen LogP contribution in [0, 0.1) is 0 Å². The van der Waals surface area contributed by atoms with Gasteiger partial charge >= 0.3 is 32.7 Å². The fraction of sp³-hybridized carbons (Fsp3) is 0. The Hall–Kier alpha value is -0.396. The number of quaternary nitrogens is 1. The molecule has 4 N–H and O–H groups in total. The second-order valence-electron chi connectivity index (χ2n) is 0.500. The van der Waals surface area contributed by atoms with Crippen LogP contribution in [0.25, 0.3) is 0 Å². The molecule has 0 radical (unpaired) electrons. The maximum absolute atomic E-state index is 8.33. The summed E-state index contributed by atoms with van der Waals surface area (Å²) in [6.45, 7) is 0. The van der Waals surface area contributed by atoms with Gasteiger partial charge in [0, 0.05) is 0 Å². The van der Waals surface area contributed by atoms with Crippen LogP contribution in [0.4, 0.5) is 9.59 Å². The number of carbonyl (C=O) groups is 2. The average Bonchev–Trinajstić information content (AvgIpc) is 1.25. The molecule has 0 unspecified atom stereocenters. The second kappa shape index (κ2) is 15.8. The van der Waals surface area contributed by atoms with Gasteiger partial charge in [0.15, 0.2) is 0 Å². The molecule has 0 aliphatic rings. The van der Waals surface area contributed by atoms with E-state index in [1.165, 1.54) is 0 Å². The summed E-state index contributed by atoms with van der Waals surface area (Å²) in [5.41, 5.74) is 0. The molecule has 0 rings (SSSR count). The van der Waals surface area contributed by atoms with E-state index >= 15 is 0 Å². The van der Waals surface area contributed by atoms with E-state index in [4.69, 9.17) is 30.0 Å². The molecule has 0 saturated carbocycles. The Morgan fingerprint density at radius 2 is 0.800 bits per heavy atom. The Morgan fingerprint density at radius 1 is 0.800 bits per heavy atom. The van der Waals surface area contributed by atoms with E-state index in [0.717, 1.165) is 0 Å². The van der Waals surface area contributed by atoms with Gasteiger partial charge in [-0.1, -0.05) is 0 Å². The Kier molecular flexibility index (Phi) is 35.9. The first-order valence-corrected chi connectivity index (χ1v) is 1.22. The summed E-state index contributed by atoms with van der Waals surface area (Å²) in [5.74, 6) is 0. The van der Waals surface area contributed by atoms with Gasteiger partial charge in [0.1, 0.15) is 0 Å². The Labute approximate surface area is 81.1 Å². The van der Waals surface area contributed by atoms with Gasteiger partial charge in [-0.25, -0.2) is 0 Å². The van der Waals surface area contributed by atoms with E-state index in [1.807, 2.05) is 0 Å². The molecule has 56 valence electrons. The van der Waals surface area contributed by atoms with Crippen molar-refractivity contribution in [3.8, 4) is 0 Å². The zero-order chi connectivity index (χ0) is 7.15. The van der Waals surface area contributed by atoms with Crippen molar-refractivity contribution < 1.29 is 62.7 Å². The Morgan fingerprint density at radius 3 is 0.800 bits per heavy atom. The minimum Gasteiger partial charge on any atom is -0.652 e. The largest absolute Gasteiger partial charge is 3.00 e. The fourth-order valence-electron chi connectivity index (χ4n) is 0. The molecule has 0 heterocycles. The number of carbonyl (C=O) groups excluding carboxylic acids is 2. The SMILES string of the molecule is O=C([O-])[O-].O=C([O-])[O-].[NH4+].[Y+3]. The Balaban J connectivity index is -0.0000000300. The summed E-state index contributed by atoms with van der Waals surface area (Å²) in [6.07, 6.45) is -4.67. The third-order valence-corrected chi connectivity index (χ3v) is 0. The summed E-state index contributed by atoms with van der Waals surface area (Å²) in [7, 11) is 0. The minimum absolute atomic E-state index is 0. The maximum atomic E-state index is 8.33. The van der Waals surface area contributed by atoms with Crippen molar-refractivity contribution >= 4 is 12.3 Å². The van der Waals surface area contributed by atoms with Crippen molar-refractivity contribution in [2.75, 3.05) is 0 Å². The second-order valence-corrected chi connectivity index (χ2v) is 0.500. The maximum Gasteiger partial charge on any atom is 3.00 e. The summed E-state index contributed by atoms with van der Waals surface area (Å²) in [4.78, 5) is 16.7. The first-order chi connectivity index (χ1) is 3.46. The van der Waals surface area contributed by atoms with Gasteiger partial charge < -0.3 is 36.2 Å². The van der Waals surface area contributed by atoms with Gasteiger partial charge in [0.25, 0.3) is 0 Å². The fourth-order valence-corrected chi connectivity index (χ4v) is 0. The summed E-state index contributed by atoms with van der Waals surface area (Å²) in [5, 5.41) is 33.3. The van der Waals surface area contributed by atoms with Crippen LogP contribution in [0.5, 0.6) is 0 Å². The molecular formula is C2H4NO6Y. The predicted molar refractivity (Wildman–Crippen MR) is 16.8 cm³/mol. The normalized spacial score (nSPS) is 4.80. The van der Waals surface area contributed by atoms with Crippen LogP contribution in [-0.4, -0.2) is 12.3 Å². The first kappa shape index (κ1) is 22.6. The monoisotopic (exact) mass is 227 g/mol. The molecule has 0 aliphatic carbocycles. The summed E-state index contributed by atoms with van der Waals surface area (Å²) < 4.78 is 0. The van der Waals surface area contributed by atoms with Gasteiger partial charge in [0.2, 0.25) is 0 Å². The van der Waals surface area contributed by atoms with Gasteiger partial charge in [0.05, 0.1) is 0 Å². The minimum atomic E-state index is -2.33.